The number of aliphatic hydroxyl groups excluding tert-OH is 5. The first kappa shape index (κ1) is 44.2. The maximum atomic E-state index is 12.8. The summed E-state index contributed by atoms with van der Waals surface area (Å²) in [6, 6.07) is -0.829. The molecule has 1 saturated heterocycles. The topological polar surface area (TPSA) is 149 Å². The van der Waals surface area contributed by atoms with Crippen molar-refractivity contribution in [3.05, 3.63) is 48.6 Å². The second-order valence-corrected chi connectivity index (χ2v) is 13.0. The quantitative estimate of drug-likeness (QED) is 0.0397. The first-order valence-corrected chi connectivity index (χ1v) is 18.9. The molecule has 7 atom stereocenters. The molecule has 0 saturated carbocycles. The van der Waals surface area contributed by atoms with Crippen LogP contribution in [0, 0.1) is 0 Å². The fourth-order valence-corrected chi connectivity index (χ4v) is 5.48. The molecule has 9 heteroatoms. The van der Waals surface area contributed by atoms with Crippen LogP contribution in [0.4, 0.5) is 0 Å². The molecule has 0 aliphatic carbocycles. The molecule has 0 aromatic carbocycles. The molecule has 278 valence electrons. The zero-order valence-corrected chi connectivity index (χ0v) is 30.0. The molecule has 9 nitrogen and oxygen atoms in total. The molecule has 6 N–H and O–H groups in total. The Morgan fingerprint density at radius 3 is 1.83 bits per heavy atom. The summed E-state index contributed by atoms with van der Waals surface area (Å²) in [5.41, 5.74) is 0. The second-order valence-electron chi connectivity index (χ2n) is 13.0. The minimum Gasteiger partial charge on any atom is -0.394 e. The van der Waals surface area contributed by atoms with Crippen LogP contribution in [0.25, 0.3) is 0 Å². The van der Waals surface area contributed by atoms with Crippen LogP contribution < -0.4 is 5.32 Å². The third kappa shape index (κ3) is 21.3. The van der Waals surface area contributed by atoms with Crippen LogP contribution in [0.2, 0.25) is 0 Å². The predicted molar refractivity (Wildman–Crippen MR) is 193 cm³/mol. The van der Waals surface area contributed by atoms with E-state index in [0.29, 0.717) is 6.42 Å². The largest absolute Gasteiger partial charge is 0.394 e. The average molecular weight is 680 g/mol. The Hall–Kier alpha value is -1.85. The highest BCUT2D eigenvalue weighted by atomic mass is 16.7. The summed E-state index contributed by atoms with van der Waals surface area (Å²) in [4.78, 5) is 12.8. The van der Waals surface area contributed by atoms with Crippen molar-refractivity contribution in [3.63, 3.8) is 0 Å². The Morgan fingerprint density at radius 1 is 0.688 bits per heavy atom. The van der Waals surface area contributed by atoms with Crippen molar-refractivity contribution in [2.24, 2.45) is 0 Å². The van der Waals surface area contributed by atoms with Crippen molar-refractivity contribution in [1.29, 1.82) is 0 Å². The van der Waals surface area contributed by atoms with Crippen molar-refractivity contribution < 1.29 is 39.8 Å². The summed E-state index contributed by atoms with van der Waals surface area (Å²) in [5, 5.41) is 53.8. The van der Waals surface area contributed by atoms with Crippen molar-refractivity contribution in [2.45, 2.75) is 179 Å². The summed E-state index contributed by atoms with van der Waals surface area (Å²) in [7, 11) is 0. The van der Waals surface area contributed by atoms with Gasteiger partial charge in [0.25, 0.3) is 0 Å². The summed E-state index contributed by atoms with van der Waals surface area (Å²) in [6.07, 6.45) is 28.7. The third-order valence-electron chi connectivity index (χ3n) is 8.58. The van der Waals surface area contributed by atoms with Crippen LogP contribution in [0.5, 0.6) is 0 Å². The highest BCUT2D eigenvalue weighted by Crippen LogP contribution is 2.22. The molecular formula is C39H69NO8. The van der Waals surface area contributed by atoms with Gasteiger partial charge in [-0.15, -0.1) is 0 Å². The Kier molecular flexibility index (Phi) is 27.6. The summed E-state index contributed by atoms with van der Waals surface area (Å²) in [6.45, 7) is 3.62. The van der Waals surface area contributed by atoms with Crippen molar-refractivity contribution in [1.82, 2.24) is 5.32 Å². The fourth-order valence-electron chi connectivity index (χ4n) is 5.48. The van der Waals surface area contributed by atoms with Gasteiger partial charge in [0.15, 0.2) is 6.29 Å². The number of aliphatic hydroxyl groups is 5. The lowest BCUT2D eigenvalue weighted by Crippen LogP contribution is -2.60. The van der Waals surface area contributed by atoms with E-state index in [9.17, 15) is 30.3 Å². The van der Waals surface area contributed by atoms with Crippen LogP contribution in [-0.2, 0) is 14.3 Å². The van der Waals surface area contributed by atoms with E-state index >= 15 is 0 Å². The van der Waals surface area contributed by atoms with E-state index in [4.69, 9.17) is 9.47 Å². The first-order valence-electron chi connectivity index (χ1n) is 18.9. The third-order valence-corrected chi connectivity index (χ3v) is 8.58. The van der Waals surface area contributed by atoms with E-state index < -0.39 is 49.5 Å². The lowest BCUT2D eigenvalue weighted by atomic mass is 9.99. The summed E-state index contributed by atoms with van der Waals surface area (Å²) in [5.74, 6) is -0.206. The summed E-state index contributed by atoms with van der Waals surface area (Å²) < 4.78 is 11.1. The zero-order valence-electron chi connectivity index (χ0n) is 30.0. The molecule has 1 fully saturated rings. The molecule has 1 heterocycles. The molecule has 0 aromatic rings. The minimum absolute atomic E-state index is 0.206. The van der Waals surface area contributed by atoms with Crippen molar-refractivity contribution >= 4 is 5.91 Å². The highest BCUT2D eigenvalue weighted by molar-refractivity contribution is 5.76. The number of amides is 1. The average Bonchev–Trinajstić information content (AvgIpc) is 3.08. The molecule has 1 aliphatic heterocycles. The van der Waals surface area contributed by atoms with Crippen molar-refractivity contribution in [2.75, 3.05) is 13.2 Å². The SMILES string of the molecule is CCC/C=C/CC/C=C/CC/C=C/C(O)C(COC1OC(CO)C(O)C(O)C1O)NC(=O)CCCCCCC/C=C\CCCCCCC. The Morgan fingerprint density at radius 2 is 1.23 bits per heavy atom. The number of rotatable bonds is 29. The molecule has 0 aromatic heterocycles. The molecule has 1 aliphatic rings. The Bertz CT molecular complexity index is 889. The van der Waals surface area contributed by atoms with Gasteiger partial charge in [0.05, 0.1) is 25.4 Å². The lowest BCUT2D eigenvalue weighted by Gasteiger charge is -2.40. The first-order chi connectivity index (χ1) is 23.3. The van der Waals surface area contributed by atoms with Gasteiger partial charge in [-0.25, -0.2) is 0 Å². The van der Waals surface area contributed by atoms with Gasteiger partial charge in [0.1, 0.15) is 24.4 Å². The van der Waals surface area contributed by atoms with Gasteiger partial charge in [-0.2, -0.15) is 0 Å². The van der Waals surface area contributed by atoms with E-state index in [1.807, 2.05) is 6.08 Å². The molecular weight excluding hydrogens is 610 g/mol. The van der Waals surface area contributed by atoms with Gasteiger partial charge in [-0.05, 0) is 64.2 Å². The number of nitrogens with one attached hydrogen (secondary N) is 1. The highest BCUT2D eigenvalue weighted by Gasteiger charge is 2.44. The minimum atomic E-state index is -1.57. The number of allylic oxidation sites excluding steroid dienone is 7. The molecule has 0 spiro atoms. The van der Waals surface area contributed by atoms with Gasteiger partial charge in [-0.1, -0.05) is 114 Å². The maximum absolute atomic E-state index is 12.8. The molecule has 1 amide bonds. The zero-order chi connectivity index (χ0) is 35.2. The monoisotopic (exact) mass is 680 g/mol. The van der Waals surface area contributed by atoms with Gasteiger partial charge < -0.3 is 40.3 Å². The van der Waals surface area contributed by atoms with Gasteiger partial charge in [-0.3, -0.25) is 4.79 Å². The molecule has 48 heavy (non-hydrogen) atoms. The van der Waals surface area contributed by atoms with Crippen molar-refractivity contribution in [3.8, 4) is 0 Å². The van der Waals surface area contributed by atoms with Gasteiger partial charge >= 0.3 is 0 Å². The van der Waals surface area contributed by atoms with Crippen LogP contribution in [0.15, 0.2) is 48.6 Å². The van der Waals surface area contributed by atoms with Crippen LogP contribution in [-0.4, -0.2) is 87.5 Å². The number of hydrogen-bond donors (Lipinski definition) is 6. The number of carbonyl (C=O) groups is 1. The second kappa shape index (κ2) is 30.0. The standard InChI is InChI=1S/C39H69NO8/c1-3-5-7-9-11-13-15-16-17-19-21-23-25-27-29-35(43)40-32(31-47-39-38(46)37(45)36(44)34(30-41)48-39)33(42)28-26-24-22-20-18-14-12-10-8-6-4-2/h8,10,15-16,18,20,26,28,32-34,36-39,41-42,44-46H,3-7,9,11-14,17,19,21-25,27,29-31H2,1-2H3,(H,40,43)/b10-8+,16-15-,20-18+,28-26+. The Balaban J connectivity index is 2.50. The van der Waals surface area contributed by atoms with E-state index in [2.05, 4.69) is 55.6 Å². The predicted octanol–water partition coefficient (Wildman–Crippen LogP) is 6.33. The molecule has 0 bridgehead atoms. The number of hydrogen-bond acceptors (Lipinski definition) is 8. The van der Waals surface area contributed by atoms with Gasteiger partial charge in [0.2, 0.25) is 5.91 Å². The smallest absolute Gasteiger partial charge is 0.220 e. The number of ether oxygens (including phenoxy) is 2. The molecule has 1 rings (SSSR count). The maximum Gasteiger partial charge on any atom is 0.220 e. The van der Waals surface area contributed by atoms with Gasteiger partial charge in [0, 0.05) is 6.42 Å². The Labute approximate surface area is 291 Å². The summed E-state index contributed by atoms with van der Waals surface area (Å²) >= 11 is 0. The van der Waals surface area contributed by atoms with Crippen LogP contribution in [0.3, 0.4) is 0 Å². The number of carbonyl (C=O) groups excluding carboxylic acids is 1. The van der Waals surface area contributed by atoms with E-state index in [0.717, 1.165) is 77.0 Å². The molecule has 0 radical (unpaired) electrons. The lowest BCUT2D eigenvalue weighted by molar-refractivity contribution is -0.302. The molecule has 7 unspecified atom stereocenters. The van der Waals surface area contributed by atoms with Crippen LogP contribution >= 0.6 is 0 Å². The van der Waals surface area contributed by atoms with E-state index in [1.165, 1.54) is 38.5 Å². The van der Waals surface area contributed by atoms with Crippen LogP contribution in [0.1, 0.15) is 136 Å². The normalized spacial score (nSPS) is 23.2. The van der Waals surface area contributed by atoms with E-state index in [1.54, 1.807) is 6.08 Å². The number of unbranched alkanes of at least 4 members (excludes halogenated alkanes) is 13. The van der Waals surface area contributed by atoms with E-state index in [-0.39, 0.29) is 12.5 Å². The fraction of sp³-hybridized carbons (Fsp3) is 0.769.